The number of pyridine rings is 1. The van der Waals surface area contributed by atoms with Crippen LogP contribution >= 0.6 is 0 Å². The zero-order valence-electron chi connectivity index (χ0n) is 11.9. The van der Waals surface area contributed by atoms with Gasteiger partial charge in [0.2, 0.25) is 0 Å². The predicted octanol–water partition coefficient (Wildman–Crippen LogP) is 1.77. The van der Waals surface area contributed by atoms with Crippen LogP contribution < -0.4 is 11.1 Å². The lowest BCUT2D eigenvalue weighted by molar-refractivity contribution is 0.0365. The lowest BCUT2D eigenvalue weighted by Crippen LogP contribution is -2.27. The second-order valence-corrected chi connectivity index (χ2v) is 4.59. The van der Waals surface area contributed by atoms with E-state index in [0.717, 1.165) is 22.3 Å². The van der Waals surface area contributed by atoms with E-state index in [0.29, 0.717) is 19.7 Å². The molecule has 5 nitrogen and oxygen atoms in total. The van der Waals surface area contributed by atoms with Crippen LogP contribution in [0.3, 0.4) is 0 Å². The summed E-state index contributed by atoms with van der Waals surface area (Å²) in [6.07, 6.45) is -0.0149. The van der Waals surface area contributed by atoms with Gasteiger partial charge in [0.1, 0.15) is 5.82 Å². The first-order valence-corrected chi connectivity index (χ1v) is 6.62. The lowest BCUT2D eigenvalue weighted by atomic mass is 10.1. The quantitative estimate of drug-likeness (QED) is 0.806. The summed E-state index contributed by atoms with van der Waals surface area (Å²) in [6.45, 7) is 1.61. The Hall–Kier alpha value is -1.69. The van der Waals surface area contributed by atoms with Gasteiger partial charge in [0.05, 0.1) is 18.2 Å². The molecule has 1 atom stereocenters. The Balaban J connectivity index is 2.19. The number of fused-ring (bicyclic) bond motifs is 1. The molecule has 0 aliphatic carbocycles. The molecule has 0 spiro atoms. The summed E-state index contributed by atoms with van der Waals surface area (Å²) in [6, 6.07) is 10.1. The van der Waals surface area contributed by atoms with Crippen molar-refractivity contribution in [3.8, 4) is 0 Å². The van der Waals surface area contributed by atoms with E-state index in [2.05, 4.69) is 16.4 Å². The minimum absolute atomic E-state index is 0.0149. The van der Waals surface area contributed by atoms with E-state index in [-0.39, 0.29) is 6.10 Å². The van der Waals surface area contributed by atoms with Crippen LogP contribution in [-0.4, -0.2) is 38.5 Å². The van der Waals surface area contributed by atoms with Crippen LogP contribution in [0.4, 0.5) is 5.82 Å². The zero-order chi connectivity index (χ0) is 14.4. The molecule has 20 heavy (non-hydrogen) atoms. The van der Waals surface area contributed by atoms with Crippen LogP contribution in [0.15, 0.2) is 30.3 Å². The molecule has 0 fully saturated rings. The molecule has 1 aromatic heterocycles. The predicted molar refractivity (Wildman–Crippen MR) is 80.8 cm³/mol. The Kier molecular flexibility index (Phi) is 5.29. The second kappa shape index (κ2) is 7.19. The van der Waals surface area contributed by atoms with Gasteiger partial charge in [-0.2, -0.15) is 0 Å². The summed E-state index contributed by atoms with van der Waals surface area (Å²) >= 11 is 0. The molecule has 2 aromatic rings. The molecule has 1 heterocycles. The molecule has 0 saturated carbocycles. The normalized spacial score (nSPS) is 12.6. The number of nitrogens with two attached hydrogens (primary N) is 1. The summed E-state index contributed by atoms with van der Waals surface area (Å²) in [5.74, 6) is 0.810. The molecule has 1 unspecified atom stereocenters. The molecule has 5 heteroatoms. The Bertz CT molecular complexity index is 560. The number of nitrogens with one attached hydrogen (secondary N) is 1. The van der Waals surface area contributed by atoms with Gasteiger partial charge in [-0.1, -0.05) is 18.2 Å². The average Bonchev–Trinajstić information content (AvgIpc) is 2.50. The van der Waals surface area contributed by atoms with Crippen LogP contribution in [0.5, 0.6) is 0 Å². The molecule has 1 aromatic carbocycles. The van der Waals surface area contributed by atoms with Gasteiger partial charge >= 0.3 is 0 Å². The van der Waals surface area contributed by atoms with Crippen molar-refractivity contribution < 1.29 is 9.47 Å². The highest BCUT2D eigenvalue weighted by atomic mass is 16.5. The molecule has 0 saturated heterocycles. The van der Waals surface area contributed by atoms with E-state index in [1.807, 2.05) is 24.3 Å². The third kappa shape index (κ3) is 3.45. The van der Waals surface area contributed by atoms with Crippen molar-refractivity contribution in [2.24, 2.45) is 5.73 Å². The maximum atomic E-state index is 5.80. The number of anilines is 1. The van der Waals surface area contributed by atoms with Gasteiger partial charge in [-0.3, -0.25) is 0 Å². The maximum Gasteiger partial charge on any atom is 0.131 e. The fraction of sp³-hybridized carbons (Fsp3) is 0.400. The molecule has 0 bridgehead atoms. The smallest absolute Gasteiger partial charge is 0.131 e. The van der Waals surface area contributed by atoms with Gasteiger partial charge in [0, 0.05) is 38.3 Å². The van der Waals surface area contributed by atoms with E-state index >= 15 is 0 Å². The number of para-hydroxylation sites is 1. The van der Waals surface area contributed by atoms with Gasteiger partial charge in [0.15, 0.2) is 0 Å². The summed E-state index contributed by atoms with van der Waals surface area (Å²) in [5.41, 5.74) is 7.75. The molecule has 2 rings (SSSR count). The fourth-order valence-corrected chi connectivity index (χ4v) is 2.08. The highest BCUT2D eigenvalue weighted by Crippen LogP contribution is 2.20. The van der Waals surface area contributed by atoms with Gasteiger partial charge in [-0.05, 0) is 12.1 Å². The monoisotopic (exact) mass is 275 g/mol. The molecular weight excluding hydrogens is 254 g/mol. The molecule has 0 aliphatic heterocycles. The van der Waals surface area contributed by atoms with E-state index in [9.17, 15) is 0 Å². The Morgan fingerprint density at radius 1 is 1.30 bits per heavy atom. The van der Waals surface area contributed by atoms with Crippen molar-refractivity contribution in [1.82, 2.24) is 4.98 Å². The van der Waals surface area contributed by atoms with E-state index in [1.165, 1.54) is 0 Å². The summed E-state index contributed by atoms with van der Waals surface area (Å²) in [5, 5.41) is 4.39. The first-order valence-electron chi connectivity index (χ1n) is 6.62. The standard InChI is InChI=1S/C15H21N3O2/c1-19-10-13(20-2)9-17-15-12(8-16)7-11-5-3-4-6-14(11)18-15/h3-7,13H,8-10,16H2,1-2H3,(H,17,18). The highest BCUT2D eigenvalue weighted by molar-refractivity contribution is 5.81. The van der Waals surface area contributed by atoms with Crippen molar-refractivity contribution in [2.75, 3.05) is 32.7 Å². The molecule has 108 valence electrons. The zero-order valence-corrected chi connectivity index (χ0v) is 11.9. The Morgan fingerprint density at radius 2 is 2.10 bits per heavy atom. The number of rotatable bonds is 7. The minimum atomic E-state index is -0.0149. The van der Waals surface area contributed by atoms with Crippen LogP contribution in [0.2, 0.25) is 0 Å². The Labute approximate surface area is 119 Å². The largest absolute Gasteiger partial charge is 0.382 e. The highest BCUT2D eigenvalue weighted by Gasteiger charge is 2.10. The Morgan fingerprint density at radius 3 is 2.80 bits per heavy atom. The summed E-state index contributed by atoms with van der Waals surface area (Å²) in [7, 11) is 3.33. The number of aromatic nitrogens is 1. The minimum Gasteiger partial charge on any atom is -0.382 e. The first kappa shape index (κ1) is 14.7. The van der Waals surface area contributed by atoms with Crippen LogP contribution in [0.25, 0.3) is 10.9 Å². The SMILES string of the molecule is COCC(CNc1nc2ccccc2cc1CN)OC. The molecule has 0 amide bonds. The van der Waals surface area contributed by atoms with E-state index < -0.39 is 0 Å². The van der Waals surface area contributed by atoms with Crippen LogP contribution in [-0.2, 0) is 16.0 Å². The number of nitrogens with zero attached hydrogens (tertiary/aromatic N) is 1. The summed E-state index contributed by atoms with van der Waals surface area (Å²) in [4.78, 5) is 4.62. The van der Waals surface area contributed by atoms with Crippen molar-refractivity contribution in [3.05, 3.63) is 35.9 Å². The third-order valence-electron chi connectivity index (χ3n) is 3.21. The van der Waals surface area contributed by atoms with Gasteiger partial charge in [-0.25, -0.2) is 4.98 Å². The third-order valence-corrected chi connectivity index (χ3v) is 3.21. The van der Waals surface area contributed by atoms with Crippen molar-refractivity contribution >= 4 is 16.7 Å². The topological polar surface area (TPSA) is 69.4 Å². The van der Waals surface area contributed by atoms with Gasteiger partial charge in [-0.15, -0.1) is 0 Å². The van der Waals surface area contributed by atoms with E-state index in [4.69, 9.17) is 15.2 Å². The number of hydrogen-bond donors (Lipinski definition) is 2. The first-order chi connectivity index (χ1) is 9.78. The van der Waals surface area contributed by atoms with Crippen molar-refractivity contribution in [2.45, 2.75) is 12.6 Å². The number of methoxy groups -OCH3 is 2. The average molecular weight is 275 g/mol. The lowest BCUT2D eigenvalue weighted by Gasteiger charge is -2.17. The fourth-order valence-electron chi connectivity index (χ4n) is 2.08. The van der Waals surface area contributed by atoms with Crippen molar-refractivity contribution in [3.63, 3.8) is 0 Å². The van der Waals surface area contributed by atoms with Crippen LogP contribution in [0, 0.1) is 0 Å². The number of hydrogen-bond acceptors (Lipinski definition) is 5. The number of benzene rings is 1. The van der Waals surface area contributed by atoms with Crippen LogP contribution in [0.1, 0.15) is 5.56 Å². The molecule has 0 aliphatic rings. The van der Waals surface area contributed by atoms with Gasteiger partial charge < -0.3 is 20.5 Å². The summed E-state index contributed by atoms with van der Waals surface area (Å²) < 4.78 is 10.4. The number of ether oxygens (including phenoxy) is 2. The molecular formula is C15H21N3O2. The molecule has 3 N–H and O–H groups in total. The molecule has 0 radical (unpaired) electrons. The van der Waals surface area contributed by atoms with Gasteiger partial charge in [0.25, 0.3) is 0 Å². The maximum absolute atomic E-state index is 5.80. The van der Waals surface area contributed by atoms with Crippen molar-refractivity contribution in [1.29, 1.82) is 0 Å². The van der Waals surface area contributed by atoms with E-state index in [1.54, 1.807) is 14.2 Å². The second-order valence-electron chi connectivity index (χ2n) is 4.59.